The van der Waals surface area contributed by atoms with Crippen molar-refractivity contribution in [1.82, 2.24) is 9.88 Å². The second-order valence-electron chi connectivity index (χ2n) is 11.8. The maximum Gasteiger partial charge on any atom is 0.251 e. The van der Waals surface area contributed by atoms with Gasteiger partial charge in [0, 0.05) is 61.8 Å². The van der Waals surface area contributed by atoms with E-state index < -0.39 is 0 Å². The molecule has 0 unspecified atom stereocenters. The highest BCUT2D eigenvalue weighted by Crippen LogP contribution is 2.36. The van der Waals surface area contributed by atoms with Gasteiger partial charge in [0.2, 0.25) is 0 Å². The molecule has 3 aromatic carbocycles. The number of para-hydroxylation sites is 1. The Morgan fingerprint density at radius 3 is 2.64 bits per heavy atom. The van der Waals surface area contributed by atoms with Crippen molar-refractivity contribution in [1.29, 1.82) is 0 Å². The molecule has 2 aliphatic heterocycles. The Hall–Kier alpha value is -4.40. The second-order valence-corrected chi connectivity index (χ2v) is 11.8. The zero-order chi connectivity index (χ0) is 31.2. The van der Waals surface area contributed by atoms with Crippen LogP contribution in [0.2, 0.25) is 0 Å². The van der Waals surface area contributed by atoms with Gasteiger partial charge in [-0.3, -0.25) is 9.69 Å². The fraction of sp³-hybridized carbons (Fsp3) is 0.351. The fourth-order valence-electron chi connectivity index (χ4n) is 6.22. The van der Waals surface area contributed by atoms with E-state index in [-0.39, 0.29) is 5.91 Å². The van der Waals surface area contributed by atoms with Gasteiger partial charge in [0.05, 0.1) is 18.8 Å². The lowest BCUT2D eigenvalue weighted by atomic mass is 9.99. The molecule has 0 bridgehead atoms. The molecule has 3 heterocycles. The summed E-state index contributed by atoms with van der Waals surface area (Å²) in [5.41, 5.74) is 7.69. The molecule has 0 atom stereocenters. The number of amides is 1. The number of hydrogen-bond acceptors (Lipinski definition) is 7. The van der Waals surface area contributed by atoms with Crippen LogP contribution in [0.3, 0.4) is 0 Å². The molecule has 8 nitrogen and oxygen atoms in total. The minimum atomic E-state index is -0.0905. The summed E-state index contributed by atoms with van der Waals surface area (Å²) in [5, 5.41) is 3.15. The molecule has 0 radical (unpaired) electrons. The number of benzene rings is 3. The third-order valence-electron chi connectivity index (χ3n) is 8.62. The number of aromatic nitrogens is 1. The van der Waals surface area contributed by atoms with E-state index in [1.807, 2.05) is 50.3 Å². The van der Waals surface area contributed by atoms with Gasteiger partial charge in [0.1, 0.15) is 12.0 Å². The first-order valence-electron chi connectivity index (χ1n) is 15.9. The molecule has 45 heavy (non-hydrogen) atoms. The van der Waals surface area contributed by atoms with Gasteiger partial charge in [0.15, 0.2) is 5.89 Å². The summed E-state index contributed by atoms with van der Waals surface area (Å²) in [6.45, 7) is 8.23. The van der Waals surface area contributed by atoms with Crippen LogP contribution in [-0.4, -0.2) is 55.2 Å². The maximum atomic E-state index is 13.7. The molecule has 2 aliphatic rings. The van der Waals surface area contributed by atoms with Crippen LogP contribution >= 0.6 is 0 Å². The fourth-order valence-corrected chi connectivity index (χ4v) is 6.22. The predicted octanol–water partition coefficient (Wildman–Crippen LogP) is 7.09. The molecular weight excluding hydrogens is 564 g/mol. The normalized spacial score (nSPS) is 15.4. The highest BCUT2D eigenvalue weighted by atomic mass is 16.5. The summed E-state index contributed by atoms with van der Waals surface area (Å²) in [6.07, 6.45) is 6.47. The van der Waals surface area contributed by atoms with Gasteiger partial charge in [-0.2, -0.15) is 0 Å². The van der Waals surface area contributed by atoms with Crippen LogP contribution in [0.25, 0.3) is 17.2 Å². The Balaban J connectivity index is 1.23. The van der Waals surface area contributed by atoms with E-state index in [2.05, 4.69) is 63.5 Å². The topological polar surface area (TPSA) is 80.1 Å². The summed E-state index contributed by atoms with van der Waals surface area (Å²) in [5.74, 6) is 1.39. The summed E-state index contributed by atoms with van der Waals surface area (Å²) < 4.78 is 16.9. The minimum absolute atomic E-state index is 0.0905. The highest BCUT2D eigenvalue weighted by molar-refractivity contribution is 6.07. The smallest absolute Gasteiger partial charge is 0.251 e. The van der Waals surface area contributed by atoms with Crippen molar-refractivity contribution in [3.8, 4) is 16.9 Å². The SMILES string of the molecule is CCOc1ccccc1-c1ccc2c(c1)C=C(C(=O)Nc1ccc(CN(C)C3CCOCC3)cc1)CCN2Cc1coc(C)n1. The largest absolute Gasteiger partial charge is 0.493 e. The number of ether oxygens (including phenoxy) is 2. The number of carbonyl (C=O) groups is 1. The van der Waals surface area contributed by atoms with Crippen LogP contribution in [0, 0.1) is 6.92 Å². The van der Waals surface area contributed by atoms with Gasteiger partial charge in [-0.15, -0.1) is 0 Å². The summed E-state index contributed by atoms with van der Waals surface area (Å²) in [4.78, 5) is 22.9. The second kappa shape index (κ2) is 14.1. The average molecular weight is 607 g/mol. The zero-order valence-electron chi connectivity index (χ0n) is 26.4. The Kier molecular flexibility index (Phi) is 9.62. The number of aryl methyl sites for hydroxylation is 1. The molecule has 1 fully saturated rings. The number of rotatable bonds is 10. The van der Waals surface area contributed by atoms with Crippen LogP contribution in [0.15, 0.2) is 83.0 Å². The van der Waals surface area contributed by atoms with Gasteiger partial charge < -0.3 is 24.1 Å². The number of hydrogen-bond donors (Lipinski definition) is 1. The minimum Gasteiger partial charge on any atom is -0.493 e. The number of nitrogens with zero attached hydrogens (tertiary/aromatic N) is 3. The predicted molar refractivity (Wildman–Crippen MR) is 178 cm³/mol. The van der Waals surface area contributed by atoms with Crippen LogP contribution in [0.4, 0.5) is 11.4 Å². The molecule has 4 aromatic rings. The molecule has 234 valence electrons. The Labute approximate surface area is 265 Å². The first-order chi connectivity index (χ1) is 22.0. The molecule has 1 amide bonds. The van der Waals surface area contributed by atoms with E-state index in [1.165, 1.54) is 5.56 Å². The zero-order valence-corrected chi connectivity index (χ0v) is 26.4. The maximum absolute atomic E-state index is 13.7. The summed E-state index contributed by atoms with van der Waals surface area (Å²) in [7, 11) is 2.18. The molecule has 8 heteroatoms. The Morgan fingerprint density at radius 1 is 1.09 bits per heavy atom. The lowest BCUT2D eigenvalue weighted by Gasteiger charge is -2.31. The van der Waals surface area contributed by atoms with Gasteiger partial charge in [-0.25, -0.2) is 4.98 Å². The number of oxazole rings is 1. The molecule has 0 saturated carbocycles. The van der Waals surface area contributed by atoms with E-state index in [0.29, 0.717) is 38.0 Å². The highest BCUT2D eigenvalue weighted by Gasteiger charge is 2.22. The molecule has 1 aromatic heterocycles. The van der Waals surface area contributed by atoms with Crippen molar-refractivity contribution in [3.63, 3.8) is 0 Å². The standard InChI is InChI=1S/C37H42N4O4/c1-4-44-36-8-6-5-7-34(36)28-11-14-35-30(21-28)22-29(15-18-41(35)24-32-25-45-26(2)38-32)37(42)39-31-12-9-27(10-13-31)23-40(3)33-16-19-43-20-17-33/h5-14,21-22,25,33H,4,15-20,23-24H2,1-3H3,(H,39,42). The van der Waals surface area contributed by atoms with E-state index in [0.717, 1.165) is 77.7 Å². The van der Waals surface area contributed by atoms with Gasteiger partial charge in [0.25, 0.3) is 5.91 Å². The van der Waals surface area contributed by atoms with Crippen molar-refractivity contribution in [2.24, 2.45) is 0 Å². The Morgan fingerprint density at radius 2 is 1.89 bits per heavy atom. The van der Waals surface area contributed by atoms with Crippen molar-refractivity contribution in [2.75, 3.05) is 43.6 Å². The third-order valence-corrected chi connectivity index (χ3v) is 8.62. The quantitative estimate of drug-likeness (QED) is 0.206. The number of fused-ring (bicyclic) bond motifs is 1. The first-order valence-corrected chi connectivity index (χ1v) is 15.9. The number of nitrogens with one attached hydrogen (secondary N) is 1. The van der Waals surface area contributed by atoms with E-state index >= 15 is 0 Å². The summed E-state index contributed by atoms with van der Waals surface area (Å²) in [6, 6.07) is 23.2. The van der Waals surface area contributed by atoms with Crippen LogP contribution < -0.4 is 15.0 Å². The molecule has 0 spiro atoms. The first kappa shape index (κ1) is 30.6. The van der Waals surface area contributed by atoms with E-state index in [4.69, 9.17) is 13.9 Å². The molecular formula is C37H42N4O4. The van der Waals surface area contributed by atoms with Crippen molar-refractivity contribution >= 4 is 23.4 Å². The van der Waals surface area contributed by atoms with Gasteiger partial charge >= 0.3 is 0 Å². The van der Waals surface area contributed by atoms with Crippen LogP contribution in [0.5, 0.6) is 5.75 Å². The molecule has 1 N–H and O–H groups in total. The lowest BCUT2D eigenvalue weighted by Crippen LogP contribution is -2.36. The number of anilines is 2. The summed E-state index contributed by atoms with van der Waals surface area (Å²) >= 11 is 0. The van der Waals surface area contributed by atoms with Crippen molar-refractivity contribution in [3.05, 3.63) is 101 Å². The third kappa shape index (κ3) is 7.47. The van der Waals surface area contributed by atoms with Crippen LogP contribution in [0.1, 0.15) is 48.9 Å². The molecule has 1 saturated heterocycles. The van der Waals surface area contributed by atoms with E-state index in [9.17, 15) is 4.79 Å². The van der Waals surface area contributed by atoms with Crippen LogP contribution in [-0.2, 0) is 22.6 Å². The molecule has 0 aliphatic carbocycles. The number of carbonyl (C=O) groups excluding carboxylic acids is 1. The average Bonchev–Trinajstić information content (AvgIpc) is 3.38. The van der Waals surface area contributed by atoms with Gasteiger partial charge in [-0.1, -0.05) is 36.4 Å². The van der Waals surface area contributed by atoms with Crippen molar-refractivity contribution < 1.29 is 18.7 Å². The molecule has 6 rings (SSSR count). The monoisotopic (exact) mass is 606 g/mol. The van der Waals surface area contributed by atoms with E-state index in [1.54, 1.807) is 6.26 Å². The Bertz CT molecular complexity index is 1640. The van der Waals surface area contributed by atoms with Crippen molar-refractivity contribution in [2.45, 2.75) is 52.2 Å². The lowest BCUT2D eigenvalue weighted by molar-refractivity contribution is -0.112. The van der Waals surface area contributed by atoms with Gasteiger partial charge in [-0.05, 0) is 86.3 Å².